The van der Waals surface area contributed by atoms with E-state index >= 15 is 0 Å². The molecular weight excluding hydrogens is 238 g/mol. The van der Waals surface area contributed by atoms with Crippen LogP contribution in [0.15, 0.2) is 0 Å². The van der Waals surface area contributed by atoms with Gasteiger partial charge in [0.15, 0.2) is 5.82 Å². The average Bonchev–Trinajstić information content (AvgIpc) is 2.40. The number of rotatable bonds is 4. The van der Waals surface area contributed by atoms with Crippen LogP contribution in [0.5, 0.6) is 0 Å². The van der Waals surface area contributed by atoms with E-state index in [-0.39, 0.29) is 6.10 Å². The van der Waals surface area contributed by atoms with Crippen LogP contribution in [-0.4, -0.2) is 17.1 Å². The SMILES string of the molecule is COC(c1nc(C)c(CN)c(C)n1)C1CCCCC1. The second kappa shape index (κ2) is 6.44. The summed E-state index contributed by atoms with van der Waals surface area (Å²) in [5.41, 5.74) is 8.78. The Morgan fingerprint density at radius 3 is 2.21 bits per heavy atom. The van der Waals surface area contributed by atoms with Crippen molar-refractivity contribution >= 4 is 0 Å². The molecule has 1 saturated carbocycles. The maximum Gasteiger partial charge on any atom is 0.157 e. The zero-order chi connectivity index (χ0) is 13.8. The number of hydrogen-bond donors (Lipinski definition) is 1. The zero-order valence-electron chi connectivity index (χ0n) is 12.3. The third-order valence-electron chi connectivity index (χ3n) is 4.23. The van der Waals surface area contributed by atoms with Crippen LogP contribution in [0.2, 0.25) is 0 Å². The Labute approximate surface area is 115 Å². The van der Waals surface area contributed by atoms with Crippen molar-refractivity contribution < 1.29 is 4.74 Å². The van der Waals surface area contributed by atoms with Crippen LogP contribution in [0.25, 0.3) is 0 Å². The van der Waals surface area contributed by atoms with E-state index in [4.69, 9.17) is 10.5 Å². The summed E-state index contributed by atoms with van der Waals surface area (Å²) in [6.45, 7) is 4.51. The van der Waals surface area contributed by atoms with Crippen LogP contribution in [-0.2, 0) is 11.3 Å². The molecule has 0 spiro atoms. The summed E-state index contributed by atoms with van der Waals surface area (Å²) < 4.78 is 5.70. The van der Waals surface area contributed by atoms with Gasteiger partial charge in [0.05, 0.1) is 0 Å². The molecule has 2 rings (SSSR count). The number of hydrogen-bond acceptors (Lipinski definition) is 4. The van der Waals surface area contributed by atoms with Gasteiger partial charge in [0.25, 0.3) is 0 Å². The second-order valence-electron chi connectivity index (χ2n) is 5.49. The lowest BCUT2D eigenvalue weighted by Crippen LogP contribution is -2.21. The van der Waals surface area contributed by atoms with Gasteiger partial charge in [-0.1, -0.05) is 19.3 Å². The Kier molecular flexibility index (Phi) is 4.88. The normalized spacial score (nSPS) is 18.5. The molecule has 19 heavy (non-hydrogen) atoms. The number of aromatic nitrogens is 2. The number of aryl methyl sites for hydroxylation is 2. The topological polar surface area (TPSA) is 61.0 Å². The molecule has 0 amide bonds. The monoisotopic (exact) mass is 263 g/mol. The Morgan fingerprint density at radius 1 is 1.16 bits per heavy atom. The van der Waals surface area contributed by atoms with Crippen LogP contribution in [0.4, 0.5) is 0 Å². The highest BCUT2D eigenvalue weighted by molar-refractivity contribution is 5.24. The summed E-state index contributed by atoms with van der Waals surface area (Å²) in [5, 5.41) is 0. The Morgan fingerprint density at radius 2 is 1.74 bits per heavy atom. The predicted molar refractivity (Wildman–Crippen MR) is 75.7 cm³/mol. The standard InChI is InChI=1S/C15H25N3O/c1-10-13(9-16)11(2)18-15(17-10)14(19-3)12-7-5-4-6-8-12/h12,14H,4-9,16H2,1-3H3. The van der Waals surface area contributed by atoms with Gasteiger partial charge in [-0.25, -0.2) is 9.97 Å². The molecule has 1 atom stereocenters. The average molecular weight is 263 g/mol. The number of ether oxygens (including phenoxy) is 1. The lowest BCUT2D eigenvalue weighted by Gasteiger charge is -2.28. The molecule has 1 heterocycles. The van der Waals surface area contributed by atoms with Crippen molar-refractivity contribution in [3.05, 3.63) is 22.8 Å². The zero-order valence-corrected chi connectivity index (χ0v) is 12.3. The van der Waals surface area contributed by atoms with Gasteiger partial charge in [-0.15, -0.1) is 0 Å². The summed E-state index contributed by atoms with van der Waals surface area (Å²) in [6.07, 6.45) is 6.41. The van der Waals surface area contributed by atoms with Gasteiger partial charge in [0, 0.05) is 30.6 Å². The van der Waals surface area contributed by atoms with E-state index in [1.165, 1.54) is 32.1 Å². The van der Waals surface area contributed by atoms with E-state index in [1.54, 1.807) is 7.11 Å². The van der Waals surface area contributed by atoms with Gasteiger partial charge < -0.3 is 10.5 Å². The van der Waals surface area contributed by atoms with Gasteiger partial charge in [0.1, 0.15) is 6.10 Å². The first-order valence-corrected chi connectivity index (χ1v) is 7.24. The fourth-order valence-corrected chi connectivity index (χ4v) is 3.13. The Bertz CT molecular complexity index is 404. The molecule has 1 aromatic heterocycles. The lowest BCUT2D eigenvalue weighted by molar-refractivity contribution is 0.0286. The maximum absolute atomic E-state index is 5.74. The summed E-state index contributed by atoms with van der Waals surface area (Å²) in [5.74, 6) is 1.39. The molecule has 1 fully saturated rings. The van der Waals surface area contributed by atoms with E-state index in [9.17, 15) is 0 Å². The largest absolute Gasteiger partial charge is 0.373 e. The van der Waals surface area contributed by atoms with Crippen molar-refractivity contribution in [2.24, 2.45) is 11.7 Å². The van der Waals surface area contributed by atoms with Crippen LogP contribution in [0, 0.1) is 19.8 Å². The highest BCUT2D eigenvalue weighted by Crippen LogP contribution is 2.35. The first-order chi connectivity index (χ1) is 9.17. The predicted octanol–water partition coefficient (Wildman–Crippen LogP) is 2.82. The Balaban J connectivity index is 2.27. The van der Waals surface area contributed by atoms with Crippen LogP contribution in [0.1, 0.15) is 61.0 Å². The minimum Gasteiger partial charge on any atom is -0.373 e. The molecule has 2 N–H and O–H groups in total. The molecule has 0 aliphatic heterocycles. The molecule has 4 nitrogen and oxygen atoms in total. The first-order valence-electron chi connectivity index (χ1n) is 7.24. The fourth-order valence-electron chi connectivity index (χ4n) is 3.13. The third-order valence-corrected chi connectivity index (χ3v) is 4.23. The van der Waals surface area contributed by atoms with E-state index in [0.717, 1.165) is 22.8 Å². The molecule has 0 bridgehead atoms. The van der Waals surface area contributed by atoms with Crippen LogP contribution < -0.4 is 5.73 Å². The van der Waals surface area contributed by atoms with Crippen molar-refractivity contribution in [1.29, 1.82) is 0 Å². The van der Waals surface area contributed by atoms with E-state index in [2.05, 4.69) is 9.97 Å². The van der Waals surface area contributed by atoms with E-state index < -0.39 is 0 Å². The first kappa shape index (κ1) is 14.4. The van der Waals surface area contributed by atoms with E-state index in [1.807, 2.05) is 13.8 Å². The number of methoxy groups -OCH3 is 1. The summed E-state index contributed by atoms with van der Waals surface area (Å²) in [6, 6.07) is 0. The molecule has 1 aromatic rings. The highest BCUT2D eigenvalue weighted by atomic mass is 16.5. The van der Waals surface area contributed by atoms with Gasteiger partial charge in [-0.3, -0.25) is 0 Å². The minimum atomic E-state index is 0.0320. The molecule has 0 radical (unpaired) electrons. The van der Waals surface area contributed by atoms with Crippen LogP contribution >= 0.6 is 0 Å². The molecule has 0 aromatic carbocycles. The van der Waals surface area contributed by atoms with Crippen LogP contribution in [0.3, 0.4) is 0 Å². The summed E-state index contributed by atoms with van der Waals surface area (Å²) in [4.78, 5) is 9.27. The van der Waals surface area contributed by atoms with Gasteiger partial charge in [-0.2, -0.15) is 0 Å². The number of nitrogens with two attached hydrogens (primary N) is 1. The summed E-state index contributed by atoms with van der Waals surface area (Å²) >= 11 is 0. The lowest BCUT2D eigenvalue weighted by atomic mass is 9.85. The molecule has 1 aliphatic carbocycles. The smallest absolute Gasteiger partial charge is 0.157 e. The quantitative estimate of drug-likeness (QED) is 0.907. The molecule has 1 unspecified atom stereocenters. The molecule has 106 valence electrons. The molecule has 0 saturated heterocycles. The fraction of sp³-hybridized carbons (Fsp3) is 0.733. The molecular formula is C15H25N3O. The van der Waals surface area contributed by atoms with Crippen molar-refractivity contribution in [2.75, 3.05) is 7.11 Å². The molecule has 4 heteroatoms. The molecule has 1 aliphatic rings. The van der Waals surface area contributed by atoms with E-state index in [0.29, 0.717) is 12.5 Å². The Hall–Kier alpha value is -1.00. The second-order valence-corrected chi connectivity index (χ2v) is 5.49. The van der Waals surface area contributed by atoms with Crippen molar-refractivity contribution in [3.8, 4) is 0 Å². The van der Waals surface area contributed by atoms with Crippen molar-refractivity contribution in [1.82, 2.24) is 9.97 Å². The summed E-state index contributed by atoms with van der Waals surface area (Å²) in [7, 11) is 1.77. The maximum atomic E-state index is 5.74. The van der Waals surface area contributed by atoms with Crippen molar-refractivity contribution in [3.63, 3.8) is 0 Å². The van der Waals surface area contributed by atoms with Gasteiger partial charge in [0.2, 0.25) is 0 Å². The van der Waals surface area contributed by atoms with Gasteiger partial charge in [-0.05, 0) is 32.6 Å². The minimum absolute atomic E-state index is 0.0320. The highest BCUT2D eigenvalue weighted by Gasteiger charge is 2.27. The number of nitrogens with zero attached hydrogens (tertiary/aromatic N) is 2. The van der Waals surface area contributed by atoms with Crippen molar-refractivity contribution in [2.45, 2.75) is 58.6 Å². The third kappa shape index (κ3) is 3.12. The van der Waals surface area contributed by atoms with Gasteiger partial charge >= 0.3 is 0 Å².